The number of ether oxygens (including phenoxy) is 1. The molecule has 46 heavy (non-hydrogen) atoms. The van der Waals surface area contributed by atoms with Gasteiger partial charge in [0.1, 0.15) is 23.2 Å². The number of hydrogen-bond acceptors (Lipinski definition) is 7. The van der Waals surface area contributed by atoms with Crippen LogP contribution >= 0.6 is 0 Å². The maximum Gasteiger partial charge on any atom is 0.323 e. The SMILES string of the molecule is Cc1noc(C)c1NC(=O)Nc1ccc2c(c1)CC(=O)N([C@H](C)CO)C[C@H](C)[C@@H](CN(C)Cc1ccc(-c3ccccc3)cc1)O2. The average Bonchev–Trinajstić information content (AvgIpc) is 3.38. The molecule has 1 aromatic heterocycles. The number of aliphatic hydroxyl groups is 1. The summed E-state index contributed by atoms with van der Waals surface area (Å²) in [5.74, 6) is 0.975. The predicted molar refractivity (Wildman–Crippen MR) is 179 cm³/mol. The summed E-state index contributed by atoms with van der Waals surface area (Å²) in [6, 6.07) is 23.5. The van der Waals surface area contributed by atoms with Crippen LogP contribution in [0.2, 0.25) is 0 Å². The average molecular weight is 626 g/mol. The monoisotopic (exact) mass is 625 g/mol. The Bertz CT molecular complexity index is 1620. The van der Waals surface area contributed by atoms with Crippen LogP contribution in [0.4, 0.5) is 16.2 Å². The van der Waals surface area contributed by atoms with E-state index < -0.39 is 6.03 Å². The Labute approximate surface area is 270 Å². The van der Waals surface area contributed by atoms with E-state index in [0.29, 0.717) is 47.2 Å². The number of carbonyl (C=O) groups excluding carboxylic acids is 2. The Hall–Kier alpha value is -4.67. The maximum absolute atomic E-state index is 13.6. The van der Waals surface area contributed by atoms with E-state index in [0.717, 1.165) is 6.54 Å². The minimum absolute atomic E-state index is 0.0227. The highest BCUT2D eigenvalue weighted by Gasteiger charge is 2.31. The zero-order valence-corrected chi connectivity index (χ0v) is 27.1. The summed E-state index contributed by atoms with van der Waals surface area (Å²) in [4.78, 5) is 30.3. The van der Waals surface area contributed by atoms with Crippen molar-refractivity contribution < 1.29 is 24.0 Å². The van der Waals surface area contributed by atoms with E-state index in [1.54, 1.807) is 36.9 Å². The van der Waals surface area contributed by atoms with E-state index in [2.05, 4.69) is 71.1 Å². The number of amides is 3. The lowest BCUT2D eigenvalue weighted by atomic mass is 10.0. The molecule has 2 heterocycles. The molecule has 0 radical (unpaired) electrons. The summed E-state index contributed by atoms with van der Waals surface area (Å²) >= 11 is 0. The molecule has 3 atom stereocenters. The highest BCUT2D eigenvalue weighted by molar-refractivity contribution is 6.00. The fraction of sp³-hybridized carbons (Fsp3) is 0.361. The van der Waals surface area contributed by atoms with Gasteiger partial charge in [-0.1, -0.05) is 66.7 Å². The number of benzene rings is 3. The predicted octanol–water partition coefficient (Wildman–Crippen LogP) is 5.88. The molecule has 1 aliphatic rings. The van der Waals surface area contributed by atoms with Crippen molar-refractivity contribution in [2.24, 2.45) is 5.92 Å². The fourth-order valence-corrected chi connectivity index (χ4v) is 5.78. The number of anilines is 2. The van der Waals surface area contributed by atoms with Gasteiger partial charge in [0.25, 0.3) is 0 Å². The van der Waals surface area contributed by atoms with E-state index in [-0.39, 0.29) is 37.0 Å². The number of nitrogens with one attached hydrogen (secondary N) is 2. The van der Waals surface area contributed by atoms with Crippen molar-refractivity contribution in [2.75, 3.05) is 37.4 Å². The standard InChI is InChI=1S/C36H43N5O5/c1-23-19-41(24(2)22-42)34(43)18-30-17-31(37-36(44)38-35-25(3)39-46-26(35)4)15-16-32(30)45-33(23)21-40(5)20-27-11-13-29(14-12-27)28-9-7-6-8-10-28/h6-17,23-24,33,42H,18-22H2,1-5H3,(H2,37,38,44)/t23-,24+,33+/m0/s1. The van der Waals surface area contributed by atoms with Crippen molar-refractivity contribution in [3.8, 4) is 16.9 Å². The molecular weight excluding hydrogens is 582 g/mol. The van der Waals surface area contributed by atoms with Gasteiger partial charge in [0.05, 0.1) is 19.1 Å². The van der Waals surface area contributed by atoms with Crippen LogP contribution in [-0.4, -0.2) is 70.9 Å². The van der Waals surface area contributed by atoms with Gasteiger partial charge >= 0.3 is 6.03 Å². The van der Waals surface area contributed by atoms with Crippen molar-refractivity contribution >= 4 is 23.3 Å². The first kappa shape index (κ1) is 32.7. The van der Waals surface area contributed by atoms with Gasteiger partial charge in [-0.05, 0) is 62.7 Å². The Balaban J connectivity index is 1.33. The zero-order chi connectivity index (χ0) is 32.8. The number of fused-ring (bicyclic) bond motifs is 1. The minimum atomic E-state index is -0.454. The van der Waals surface area contributed by atoms with Gasteiger partial charge in [0, 0.05) is 36.8 Å². The summed E-state index contributed by atoms with van der Waals surface area (Å²) in [6.45, 7) is 9.06. The first-order valence-corrected chi connectivity index (χ1v) is 15.6. The summed E-state index contributed by atoms with van der Waals surface area (Å²) in [7, 11) is 2.07. The van der Waals surface area contributed by atoms with Crippen molar-refractivity contribution in [1.82, 2.24) is 15.0 Å². The van der Waals surface area contributed by atoms with Crippen LogP contribution in [0, 0.1) is 19.8 Å². The molecule has 0 bridgehead atoms. The summed E-state index contributed by atoms with van der Waals surface area (Å²) in [5, 5.41) is 19.5. The molecule has 10 heteroatoms. The number of hydrogen-bond donors (Lipinski definition) is 3. The van der Waals surface area contributed by atoms with Gasteiger partial charge in [-0.15, -0.1) is 0 Å². The third kappa shape index (κ3) is 7.94. The van der Waals surface area contributed by atoms with Gasteiger partial charge in [0.2, 0.25) is 5.91 Å². The first-order chi connectivity index (χ1) is 22.1. The number of rotatable bonds is 9. The number of urea groups is 1. The molecule has 3 amide bonds. The van der Waals surface area contributed by atoms with Gasteiger partial charge in [-0.3, -0.25) is 9.69 Å². The summed E-state index contributed by atoms with van der Waals surface area (Å²) < 4.78 is 11.8. The van der Waals surface area contributed by atoms with Gasteiger partial charge < -0.3 is 29.9 Å². The van der Waals surface area contributed by atoms with Crippen LogP contribution in [0.25, 0.3) is 11.1 Å². The van der Waals surface area contributed by atoms with E-state index in [4.69, 9.17) is 9.26 Å². The highest BCUT2D eigenvalue weighted by Crippen LogP contribution is 2.30. The van der Waals surface area contributed by atoms with Crippen LogP contribution in [0.1, 0.15) is 36.4 Å². The Kier molecular flexibility index (Phi) is 10.4. The van der Waals surface area contributed by atoms with E-state index in [1.165, 1.54) is 16.7 Å². The minimum Gasteiger partial charge on any atom is -0.488 e. The zero-order valence-electron chi connectivity index (χ0n) is 27.1. The van der Waals surface area contributed by atoms with Crippen molar-refractivity contribution in [2.45, 2.75) is 52.8 Å². The topological polar surface area (TPSA) is 120 Å². The van der Waals surface area contributed by atoms with E-state index in [9.17, 15) is 14.7 Å². The van der Waals surface area contributed by atoms with Crippen molar-refractivity contribution in [3.63, 3.8) is 0 Å². The fourth-order valence-electron chi connectivity index (χ4n) is 5.78. The second-order valence-corrected chi connectivity index (χ2v) is 12.2. The largest absolute Gasteiger partial charge is 0.488 e. The molecular formula is C36H43N5O5. The van der Waals surface area contributed by atoms with Crippen LogP contribution in [0.3, 0.4) is 0 Å². The van der Waals surface area contributed by atoms with Crippen LogP contribution < -0.4 is 15.4 Å². The Morgan fingerprint density at radius 2 is 1.78 bits per heavy atom. The lowest BCUT2D eigenvalue weighted by Gasteiger charge is -2.34. The van der Waals surface area contributed by atoms with E-state index in [1.807, 2.05) is 25.1 Å². The number of aliphatic hydroxyl groups excluding tert-OH is 1. The lowest BCUT2D eigenvalue weighted by molar-refractivity contribution is -0.134. The molecule has 3 N–H and O–H groups in total. The third-order valence-electron chi connectivity index (χ3n) is 8.45. The van der Waals surface area contributed by atoms with Crippen LogP contribution in [0.15, 0.2) is 77.3 Å². The number of likely N-dealkylation sites (N-methyl/N-ethyl adjacent to an activating group) is 1. The normalized spacial score (nSPS) is 17.4. The number of aromatic nitrogens is 1. The van der Waals surface area contributed by atoms with Gasteiger partial charge in [-0.2, -0.15) is 0 Å². The molecule has 1 aliphatic heterocycles. The van der Waals surface area contributed by atoms with Crippen LogP contribution in [-0.2, 0) is 17.8 Å². The molecule has 5 rings (SSSR count). The van der Waals surface area contributed by atoms with Crippen molar-refractivity contribution in [3.05, 3.63) is 95.4 Å². The van der Waals surface area contributed by atoms with E-state index >= 15 is 0 Å². The molecule has 0 aliphatic carbocycles. The molecule has 10 nitrogen and oxygen atoms in total. The molecule has 3 aromatic carbocycles. The Morgan fingerprint density at radius 1 is 1.07 bits per heavy atom. The van der Waals surface area contributed by atoms with Crippen molar-refractivity contribution in [1.29, 1.82) is 0 Å². The number of aryl methyl sites for hydroxylation is 2. The van der Waals surface area contributed by atoms with Crippen LogP contribution in [0.5, 0.6) is 5.75 Å². The summed E-state index contributed by atoms with van der Waals surface area (Å²) in [6.07, 6.45) is -0.169. The summed E-state index contributed by atoms with van der Waals surface area (Å²) in [5.41, 5.74) is 5.82. The molecule has 0 saturated heterocycles. The van der Waals surface area contributed by atoms with Gasteiger partial charge in [0.15, 0.2) is 5.76 Å². The Morgan fingerprint density at radius 3 is 2.46 bits per heavy atom. The number of nitrogens with zero attached hydrogens (tertiary/aromatic N) is 3. The quantitative estimate of drug-likeness (QED) is 0.212. The molecule has 0 saturated carbocycles. The molecule has 0 spiro atoms. The maximum atomic E-state index is 13.6. The second-order valence-electron chi connectivity index (χ2n) is 12.2. The molecule has 0 unspecified atom stereocenters. The number of carbonyl (C=O) groups is 2. The molecule has 242 valence electrons. The smallest absolute Gasteiger partial charge is 0.323 e. The third-order valence-corrected chi connectivity index (χ3v) is 8.45. The highest BCUT2D eigenvalue weighted by atomic mass is 16.5. The molecule has 0 fully saturated rings. The lowest BCUT2D eigenvalue weighted by Crippen LogP contribution is -2.47. The second kappa shape index (κ2) is 14.6. The molecule has 4 aromatic rings. The first-order valence-electron chi connectivity index (χ1n) is 15.6. The van der Waals surface area contributed by atoms with Gasteiger partial charge in [-0.25, -0.2) is 4.79 Å².